The van der Waals surface area contributed by atoms with Gasteiger partial charge in [0.25, 0.3) is 0 Å². The molecule has 244 valence electrons. The van der Waals surface area contributed by atoms with Crippen LogP contribution in [0.3, 0.4) is 0 Å². The van der Waals surface area contributed by atoms with Crippen molar-refractivity contribution in [3.63, 3.8) is 0 Å². The van der Waals surface area contributed by atoms with Gasteiger partial charge in [0.15, 0.2) is 0 Å². The fourth-order valence-electron chi connectivity index (χ4n) is 6.20. The first kappa shape index (κ1) is 42.6. The third kappa shape index (κ3) is 36.5. The Hall–Kier alpha value is 0.440. The molecule has 0 saturated heterocycles. The summed E-state index contributed by atoms with van der Waals surface area (Å²) >= 11 is 0. The van der Waals surface area contributed by atoms with Crippen LogP contribution in [0.1, 0.15) is 226 Å². The van der Waals surface area contributed by atoms with Crippen molar-refractivity contribution >= 4 is 17.0 Å². The number of halogens is 1. The smallest absolute Gasteiger partial charge is 0.00189 e. The van der Waals surface area contributed by atoms with E-state index in [1.165, 1.54) is 225 Å². The Labute approximate surface area is 267 Å². The van der Waals surface area contributed by atoms with E-state index in [-0.39, 0.29) is 17.0 Å². The monoisotopic (exact) mass is 630 g/mol. The molecule has 0 radical (unpaired) electrons. The van der Waals surface area contributed by atoms with Gasteiger partial charge in [-0.2, -0.15) is 0 Å². The SMILES string of the molecule is Br.CCCCCCCCCCCCCCCCCCN(CC)CCCCCCCCCCCCCCCCCC. The Morgan fingerprint density at radius 1 is 0.250 bits per heavy atom. The number of hydrogen-bond donors (Lipinski definition) is 0. The number of nitrogens with zero attached hydrogens (tertiary/aromatic N) is 1. The molecule has 0 N–H and O–H groups in total. The van der Waals surface area contributed by atoms with Crippen LogP contribution in [0.4, 0.5) is 0 Å². The van der Waals surface area contributed by atoms with Gasteiger partial charge in [-0.05, 0) is 32.5 Å². The minimum absolute atomic E-state index is 0. The van der Waals surface area contributed by atoms with Crippen LogP contribution in [0.2, 0.25) is 0 Å². The molecule has 0 aliphatic rings. The van der Waals surface area contributed by atoms with Gasteiger partial charge in [-0.1, -0.05) is 213 Å². The second kappa shape index (κ2) is 39.4. The molecule has 0 rings (SSSR count). The van der Waals surface area contributed by atoms with Crippen LogP contribution in [0.15, 0.2) is 0 Å². The fourth-order valence-corrected chi connectivity index (χ4v) is 6.20. The Balaban J connectivity index is 0. The maximum Gasteiger partial charge on any atom is -0.00189 e. The van der Waals surface area contributed by atoms with Crippen LogP contribution in [0.5, 0.6) is 0 Å². The van der Waals surface area contributed by atoms with Gasteiger partial charge in [-0.25, -0.2) is 0 Å². The van der Waals surface area contributed by atoms with E-state index in [1.807, 2.05) is 0 Å². The van der Waals surface area contributed by atoms with Crippen LogP contribution in [-0.4, -0.2) is 24.5 Å². The standard InChI is InChI=1S/C38H79N.BrH/c1-4-7-9-11-13-15-17-19-21-23-25-27-29-31-33-35-37-39(6-3)38-36-34-32-30-28-26-24-22-20-18-16-14-12-10-8-5-2;/h4-38H2,1-3H3;1H. The van der Waals surface area contributed by atoms with Crippen molar-refractivity contribution < 1.29 is 0 Å². The van der Waals surface area contributed by atoms with E-state index in [4.69, 9.17) is 0 Å². The minimum atomic E-state index is 0. The number of hydrogen-bond acceptors (Lipinski definition) is 1. The molecule has 0 heterocycles. The lowest BCUT2D eigenvalue weighted by Gasteiger charge is -2.20. The predicted molar refractivity (Wildman–Crippen MR) is 192 cm³/mol. The highest BCUT2D eigenvalue weighted by atomic mass is 79.9. The van der Waals surface area contributed by atoms with Crippen molar-refractivity contribution in [1.29, 1.82) is 0 Å². The molecule has 0 saturated carbocycles. The molecule has 0 aromatic carbocycles. The third-order valence-corrected chi connectivity index (χ3v) is 9.10. The normalized spacial score (nSPS) is 11.4. The quantitative estimate of drug-likeness (QED) is 0.0630. The molecule has 0 unspecified atom stereocenters. The van der Waals surface area contributed by atoms with Gasteiger partial charge in [0.05, 0.1) is 0 Å². The van der Waals surface area contributed by atoms with Crippen LogP contribution in [0.25, 0.3) is 0 Å². The zero-order valence-electron chi connectivity index (χ0n) is 28.6. The van der Waals surface area contributed by atoms with Gasteiger partial charge in [-0.3, -0.25) is 0 Å². The Morgan fingerprint density at radius 2 is 0.425 bits per heavy atom. The van der Waals surface area contributed by atoms with Crippen LogP contribution in [-0.2, 0) is 0 Å². The molecule has 0 aromatic heterocycles. The average molecular weight is 631 g/mol. The van der Waals surface area contributed by atoms with Crippen molar-refractivity contribution in [1.82, 2.24) is 4.90 Å². The molecule has 0 aliphatic heterocycles. The Bertz CT molecular complexity index is 376. The van der Waals surface area contributed by atoms with E-state index >= 15 is 0 Å². The molecule has 0 bridgehead atoms. The molecule has 0 fully saturated rings. The molecule has 0 aromatic rings. The topological polar surface area (TPSA) is 3.24 Å². The first-order valence-corrected chi connectivity index (χ1v) is 19.1. The predicted octanol–water partition coefficient (Wildman–Crippen LogP) is 14.4. The Morgan fingerprint density at radius 3 is 0.600 bits per heavy atom. The van der Waals surface area contributed by atoms with Crippen molar-refractivity contribution in [3.05, 3.63) is 0 Å². The summed E-state index contributed by atoms with van der Waals surface area (Å²) in [7, 11) is 0. The lowest BCUT2D eigenvalue weighted by molar-refractivity contribution is 0.273. The molecule has 0 atom stereocenters. The van der Waals surface area contributed by atoms with E-state index in [0.717, 1.165) is 0 Å². The first-order valence-electron chi connectivity index (χ1n) is 19.1. The van der Waals surface area contributed by atoms with Crippen molar-refractivity contribution in [3.8, 4) is 0 Å². The second-order valence-corrected chi connectivity index (χ2v) is 13.0. The van der Waals surface area contributed by atoms with Gasteiger partial charge >= 0.3 is 0 Å². The molecule has 0 spiro atoms. The van der Waals surface area contributed by atoms with Gasteiger partial charge < -0.3 is 4.90 Å². The zero-order valence-corrected chi connectivity index (χ0v) is 30.3. The largest absolute Gasteiger partial charge is 0.304 e. The summed E-state index contributed by atoms with van der Waals surface area (Å²) in [5, 5.41) is 0. The summed E-state index contributed by atoms with van der Waals surface area (Å²) in [6.45, 7) is 10.9. The lowest BCUT2D eigenvalue weighted by Crippen LogP contribution is -2.25. The third-order valence-electron chi connectivity index (χ3n) is 9.10. The fraction of sp³-hybridized carbons (Fsp3) is 1.00. The Kier molecular flexibility index (Phi) is 42.0. The maximum atomic E-state index is 2.72. The summed E-state index contributed by atoms with van der Waals surface area (Å²) in [5.74, 6) is 0. The summed E-state index contributed by atoms with van der Waals surface area (Å²) in [6.07, 6.45) is 46.9. The van der Waals surface area contributed by atoms with Gasteiger partial charge in [0.1, 0.15) is 0 Å². The average Bonchev–Trinajstić information content (AvgIpc) is 2.95. The van der Waals surface area contributed by atoms with Gasteiger partial charge in [0.2, 0.25) is 0 Å². The van der Waals surface area contributed by atoms with Crippen LogP contribution < -0.4 is 0 Å². The van der Waals surface area contributed by atoms with Crippen molar-refractivity contribution in [2.75, 3.05) is 19.6 Å². The van der Waals surface area contributed by atoms with Crippen LogP contribution >= 0.6 is 17.0 Å². The highest BCUT2D eigenvalue weighted by Crippen LogP contribution is 2.15. The maximum absolute atomic E-state index is 2.72. The van der Waals surface area contributed by atoms with E-state index in [0.29, 0.717) is 0 Å². The lowest BCUT2D eigenvalue weighted by atomic mass is 10.0. The molecule has 40 heavy (non-hydrogen) atoms. The van der Waals surface area contributed by atoms with Crippen molar-refractivity contribution in [2.45, 2.75) is 226 Å². The highest BCUT2D eigenvalue weighted by molar-refractivity contribution is 8.93. The summed E-state index contributed by atoms with van der Waals surface area (Å²) in [6, 6.07) is 0. The summed E-state index contributed by atoms with van der Waals surface area (Å²) in [4.78, 5) is 2.72. The molecular formula is C38H80BrN. The highest BCUT2D eigenvalue weighted by Gasteiger charge is 2.02. The molecular weight excluding hydrogens is 550 g/mol. The number of unbranched alkanes of at least 4 members (excludes halogenated alkanes) is 30. The summed E-state index contributed by atoms with van der Waals surface area (Å²) < 4.78 is 0. The van der Waals surface area contributed by atoms with Crippen LogP contribution in [0, 0.1) is 0 Å². The van der Waals surface area contributed by atoms with E-state index in [9.17, 15) is 0 Å². The van der Waals surface area contributed by atoms with E-state index < -0.39 is 0 Å². The molecule has 2 heteroatoms. The van der Waals surface area contributed by atoms with Gasteiger partial charge in [-0.15, -0.1) is 17.0 Å². The van der Waals surface area contributed by atoms with Gasteiger partial charge in [0, 0.05) is 0 Å². The molecule has 1 nitrogen and oxygen atoms in total. The van der Waals surface area contributed by atoms with E-state index in [1.54, 1.807) is 0 Å². The minimum Gasteiger partial charge on any atom is -0.304 e. The summed E-state index contributed by atoms with van der Waals surface area (Å²) in [5.41, 5.74) is 0. The first-order chi connectivity index (χ1) is 19.3. The zero-order chi connectivity index (χ0) is 28.3. The molecule has 0 aliphatic carbocycles. The number of rotatable bonds is 35. The second-order valence-electron chi connectivity index (χ2n) is 13.0. The molecule has 0 amide bonds. The van der Waals surface area contributed by atoms with E-state index in [2.05, 4.69) is 25.7 Å². The van der Waals surface area contributed by atoms with Crippen molar-refractivity contribution in [2.24, 2.45) is 0 Å².